The molecular weight excluding hydrogens is 287 g/mol. The molecule has 1 aromatic rings. The molecule has 1 atom stereocenters. The van der Waals surface area contributed by atoms with Crippen LogP contribution >= 0.6 is 15.9 Å². The summed E-state index contributed by atoms with van der Waals surface area (Å²) >= 11 is 3.40. The van der Waals surface area contributed by atoms with E-state index >= 15 is 0 Å². The lowest BCUT2D eigenvalue weighted by Crippen LogP contribution is -2.27. The van der Waals surface area contributed by atoms with Crippen LogP contribution in [0.2, 0.25) is 0 Å². The number of hydrogen-bond acceptors (Lipinski definition) is 2. The summed E-state index contributed by atoms with van der Waals surface area (Å²) < 4.78 is 14.0. The van der Waals surface area contributed by atoms with Gasteiger partial charge in [0.05, 0.1) is 5.92 Å². The van der Waals surface area contributed by atoms with Crippen LogP contribution in [0.3, 0.4) is 0 Å². The molecule has 0 saturated carbocycles. The van der Waals surface area contributed by atoms with Crippen molar-refractivity contribution in [2.75, 3.05) is 13.1 Å². The third-order valence-corrected chi connectivity index (χ3v) is 3.85. The summed E-state index contributed by atoms with van der Waals surface area (Å²) in [6.07, 6.45) is 0.794. The Hall–Kier alpha value is -0.940. The number of benzene rings is 1. The third-order valence-electron chi connectivity index (χ3n) is 3.08. The highest BCUT2D eigenvalue weighted by molar-refractivity contribution is 9.10. The molecule has 2 N–H and O–H groups in total. The van der Waals surface area contributed by atoms with E-state index in [4.69, 9.17) is 5.73 Å². The zero-order chi connectivity index (χ0) is 12.4. The number of hydrogen-bond donors (Lipinski definition) is 1. The topological polar surface area (TPSA) is 46.3 Å². The second-order valence-corrected chi connectivity index (χ2v) is 5.21. The minimum atomic E-state index is -0.245. The first-order valence-corrected chi connectivity index (χ1v) is 6.31. The van der Waals surface area contributed by atoms with E-state index in [-0.39, 0.29) is 17.6 Å². The van der Waals surface area contributed by atoms with Crippen LogP contribution in [0, 0.1) is 11.7 Å². The van der Waals surface area contributed by atoms with Gasteiger partial charge in [-0.1, -0.05) is 15.9 Å². The number of amides is 1. The highest BCUT2D eigenvalue weighted by Crippen LogP contribution is 2.23. The fourth-order valence-electron chi connectivity index (χ4n) is 2.11. The van der Waals surface area contributed by atoms with Gasteiger partial charge < -0.3 is 5.73 Å². The van der Waals surface area contributed by atoms with Crippen LogP contribution in [-0.4, -0.2) is 23.9 Å². The van der Waals surface area contributed by atoms with E-state index in [1.165, 1.54) is 12.1 Å². The van der Waals surface area contributed by atoms with Crippen LogP contribution in [0.25, 0.3) is 0 Å². The largest absolute Gasteiger partial charge is 0.369 e. The molecule has 0 aromatic heterocycles. The van der Waals surface area contributed by atoms with Crippen LogP contribution in [0.15, 0.2) is 22.7 Å². The number of primary amides is 1. The summed E-state index contributed by atoms with van der Waals surface area (Å²) in [5.41, 5.74) is 6.17. The van der Waals surface area contributed by atoms with Gasteiger partial charge in [-0.3, -0.25) is 9.69 Å². The van der Waals surface area contributed by atoms with Crippen molar-refractivity contribution in [1.82, 2.24) is 4.90 Å². The molecule has 1 aromatic carbocycles. The molecule has 1 aliphatic rings. The summed E-state index contributed by atoms with van der Waals surface area (Å²) in [6, 6.07) is 4.64. The molecule has 1 aliphatic heterocycles. The lowest BCUT2D eigenvalue weighted by molar-refractivity contribution is -0.121. The molecule has 0 spiro atoms. The second kappa shape index (κ2) is 5.14. The third kappa shape index (κ3) is 3.04. The lowest BCUT2D eigenvalue weighted by Gasteiger charge is -2.16. The normalized spacial score (nSPS) is 20.7. The molecule has 1 heterocycles. The standard InChI is InChI=1S/C12H14BrFN2O/c13-11-2-1-10(14)5-9(11)7-16-4-3-8(6-16)12(15)17/h1-2,5,8H,3-4,6-7H2,(H2,15,17). The number of nitrogens with two attached hydrogens (primary N) is 1. The summed E-state index contributed by atoms with van der Waals surface area (Å²) in [7, 11) is 0. The van der Waals surface area contributed by atoms with Gasteiger partial charge in [-0.25, -0.2) is 4.39 Å². The Morgan fingerprint density at radius 2 is 2.35 bits per heavy atom. The molecule has 3 nitrogen and oxygen atoms in total. The highest BCUT2D eigenvalue weighted by atomic mass is 79.9. The van der Waals surface area contributed by atoms with Crippen LogP contribution < -0.4 is 5.73 Å². The fourth-order valence-corrected chi connectivity index (χ4v) is 2.49. The van der Waals surface area contributed by atoms with Crippen molar-refractivity contribution in [2.24, 2.45) is 11.7 Å². The van der Waals surface area contributed by atoms with Crippen molar-refractivity contribution in [3.8, 4) is 0 Å². The van der Waals surface area contributed by atoms with Gasteiger partial charge in [-0.15, -0.1) is 0 Å². The number of carbonyl (C=O) groups excluding carboxylic acids is 1. The van der Waals surface area contributed by atoms with Crippen LogP contribution in [0.4, 0.5) is 4.39 Å². The van der Waals surface area contributed by atoms with E-state index in [0.29, 0.717) is 13.1 Å². The van der Waals surface area contributed by atoms with Gasteiger partial charge in [-0.05, 0) is 36.7 Å². The van der Waals surface area contributed by atoms with E-state index in [0.717, 1.165) is 23.0 Å². The van der Waals surface area contributed by atoms with Crippen molar-refractivity contribution < 1.29 is 9.18 Å². The molecule has 1 amide bonds. The Morgan fingerprint density at radius 1 is 1.59 bits per heavy atom. The van der Waals surface area contributed by atoms with Crippen molar-refractivity contribution in [3.63, 3.8) is 0 Å². The van der Waals surface area contributed by atoms with E-state index < -0.39 is 0 Å². The number of likely N-dealkylation sites (tertiary alicyclic amines) is 1. The van der Waals surface area contributed by atoms with Gasteiger partial charge in [0.15, 0.2) is 0 Å². The van der Waals surface area contributed by atoms with Gasteiger partial charge in [0, 0.05) is 17.6 Å². The lowest BCUT2D eigenvalue weighted by atomic mass is 10.1. The van der Waals surface area contributed by atoms with Crippen molar-refractivity contribution in [1.29, 1.82) is 0 Å². The molecule has 5 heteroatoms. The Morgan fingerprint density at radius 3 is 3.00 bits per heavy atom. The maximum Gasteiger partial charge on any atom is 0.221 e. The average Bonchev–Trinajstić information content (AvgIpc) is 2.72. The molecular formula is C12H14BrFN2O. The zero-order valence-corrected chi connectivity index (χ0v) is 10.9. The van der Waals surface area contributed by atoms with Crippen LogP contribution in [0.5, 0.6) is 0 Å². The van der Waals surface area contributed by atoms with Crippen LogP contribution in [0.1, 0.15) is 12.0 Å². The zero-order valence-electron chi connectivity index (χ0n) is 9.33. The van der Waals surface area contributed by atoms with Gasteiger partial charge in [0.1, 0.15) is 5.82 Å². The van der Waals surface area contributed by atoms with Gasteiger partial charge in [0.25, 0.3) is 0 Å². The number of halogens is 2. The monoisotopic (exact) mass is 300 g/mol. The average molecular weight is 301 g/mol. The molecule has 17 heavy (non-hydrogen) atoms. The van der Waals surface area contributed by atoms with Crippen molar-refractivity contribution in [2.45, 2.75) is 13.0 Å². The molecule has 0 bridgehead atoms. The summed E-state index contributed by atoms with van der Waals surface area (Å²) in [4.78, 5) is 13.2. The number of rotatable bonds is 3. The summed E-state index contributed by atoms with van der Waals surface area (Å²) in [6.45, 7) is 2.14. The van der Waals surface area contributed by atoms with Crippen molar-refractivity contribution >= 4 is 21.8 Å². The quantitative estimate of drug-likeness (QED) is 0.927. The molecule has 1 unspecified atom stereocenters. The first kappa shape index (κ1) is 12.5. The first-order chi connectivity index (χ1) is 8.06. The molecule has 0 aliphatic carbocycles. The number of nitrogens with zero attached hydrogens (tertiary/aromatic N) is 1. The molecule has 0 radical (unpaired) electrons. The predicted octanol–water partition coefficient (Wildman–Crippen LogP) is 1.90. The highest BCUT2D eigenvalue weighted by Gasteiger charge is 2.26. The number of carbonyl (C=O) groups is 1. The smallest absolute Gasteiger partial charge is 0.221 e. The van der Waals surface area contributed by atoms with E-state index in [2.05, 4.69) is 20.8 Å². The maximum absolute atomic E-state index is 13.1. The summed E-state index contributed by atoms with van der Waals surface area (Å²) in [5.74, 6) is -0.554. The maximum atomic E-state index is 13.1. The molecule has 2 rings (SSSR count). The molecule has 1 fully saturated rings. The van der Waals surface area contributed by atoms with Gasteiger partial charge in [-0.2, -0.15) is 0 Å². The first-order valence-electron chi connectivity index (χ1n) is 5.52. The molecule has 1 saturated heterocycles. The Labute approximate surface area is 108 Å². The van der Waals surface area contributed by atoms with Crippen molar-refractivity contribution in [3.05, 3.63) is 34.1 Å². The second-order valence-electron chi connectivity index (χ2n) is 4.36. The fraction of sp³-hybridized carbons (Fsp3) is 0.417. The molecule has 92 valence electrons. The SMILES string of the molecule is NC(=O)C1CCN(Cc2cc(F)ccc2Br)C1. The van der Waals surface area contributed by atoms with E-state index in [9.17, 15) is 9.18 Å². The minimum Gasteiger partial charge on any atom is -0.369 e. The predicted molar refractivity (Wildman–Crippen MR) is 66.7 cm³/mol. The minimum absolute atomic E-state index is 0.0673. The van der Waals surface area contributed by atoms with Crippen LogP contribution in [-0.2, 0) is 11.3 Å². The summed E-state index contributed by atoms with van der Waals surface area (Å²) in [5, 5.41) is 0. The van der Waals surface area contributed by atoms with E-state index in [1.807, 2.05) is 0 Å². The van der Waals surface area contributed by atoms with Gasteiger partial charge >= 0.3 is 0 Å². The van der Waals surface area contributed by atoms with Gasteiger partial charge in [0.2, 0.25) is 5.91 Å². The Bertz CT molecular complexity index is 439. The Balaban J connectivity index is 2.02. The van der Waals surface area contributed by atoms with E-state index in [1.54, 1.807) is 6.07 Å². The Kier molecular flexibility index (Phi) is 3.79.